The van der Waals surface area contributed by atoms with Gasteiger partial charge in [0.25, 0.3) is 5.69 Å². The maximum absolute atomic E-state index is 12.1. The molecule has 130 valence electrons. The normalized spacial score (nSPS) is 10.2. The van der Waals surface area contributed by atoms with Crippen molar-refractivity contribution in [2.75, 3.05) is 5.32 Å². The van der Waals surface area contributed by atoms with Crippen molar-refractivity contribution >= 4 is 23.2 Å². The van der Waals surface area contributed by atoms with Crippen molar-refractivity contribution < 1.29 is 14.5 Å². The zero-order valence-corrected chi connectivity index (χ0v) is 14.0. The Bertz CT molecular complexity index is 818. The van der Waals surface area contributed by atoms with Gasteiger partial charge in [0, 0.05) is 30.8 Å². The Labute approximate surface area is 145 Å². The summed E-state index contributed by atoms with van der Waals surface area (Å²) in [5.74, 6) is -0.393. The maximum Gasteiger partial charge on any atom is 0.272 e. The van der Waals surface area contributed by atoms with Crippen LogP contribution in [0.3, 0.4) is 0 Å². The molecular weight excluding hydrogens is 322 g/mol. The molecule has 0 bridgehead atoms. The Morgan fingerprint density at radius 2 is 1.88 bits per heavy atom. The third-order valence-electron chi connectivity index (χ3n) is 3.70. The molecule has 0 heterocycles. The molecule has 0 aliphatic carbocycles. The van der Waals surface area contributed by atoms with E-state index in [9.17, 15) is 19.7 Å². The standard InChI is InChI=1S/C18H19N3O4/c1-12-15(6-4-8-17(12)21(24)25)10-18(23)19-11-14-5-3-7-16(9-14)20-13(2)22/h3-9H,10-11H2,1-2H3,(H,19,23)(H,20,22). The first-order valence-electron chi connectivity index (χ1n) is 7.73. The molecule has 25 heavy (non-hydrogen) atoms. The van der Waals surface area contributed by atoms with Crippen LogP contribution in [0, 0.1) is 17.0 Å². The number of nitrogens with one attached hydrogen (secondary N) is 2. The number of hydrogen-bond acceptors (Lipinski definition) is 4. The molecule has 0 unspecified atom stereocenters. The van der Waals surface area contributed by atoms with E-state index >= 15 is 0 Å². The van der Waals surface area contributed by atoms with Crippen LogP contribution in [0.25, 0.3) is 0 Å². The Morgan fingerprint density at radius 1 is 1.16 bits per heavy atom. The van der Waals surface area contributed by atoms with E-state index in [1.807, 2.05) is 6.07 Å². The van der Waals surface area contributed by atoms with Crippen LogP contribution in [0.2, 0.25) is 0 Å². The fourth-order valence-electron chi connectivity index (χ4n) is 2.46. The van der Waals surface area contributed by atoms with Crippen molar-refractivity contribution in [2.24, 2.45) is 0 Å². The van der Waals surface area contributed by atoms with E-state index in [0.29, 0.717) is 23.4 Å². The smallest absolute Gasteiger partial charge is 0.272 e. The average molecular weight is 341 g/mol. The van der Waals surface area contributed by atoms with Gasteiger partial charge in [-0.3, -0.25) is 19.7 Å². The average Bonchev–Trinajstić information content (AvgIpc) is 2.54. The van der Waals surface area contributed by atoms with Gasteiger partial charge < -0.3 is 10.6 Å². The lowest BCUT2D eigenvalue weighted by Gasteiger charge is -2.09. The van der Waals surface area contributed by atoms with Crippen molar-refractivity contribution in [1.29, 1.82) is 0 Å². The molecule has 0 saturated carbocycles. The van der Waals surface area contributed by atoms with E-state index in [-0.39, 0.29) is 23.9 Å². The molecule has 2 rings (SSSR count). The summed E-state index contributed by atoms with van der Waals surface area (Å²) < 4.78 is 0. The number of nitro benzene ring substituents is 1. The first-order valence-corrected chi connectivity index (χ1v) is 7.73. The summed E-state index contributed by atoms with van der Waals surface area (Å²) in [4.78, 5) is 33.7. The summed E-state index contributed by atoms with van der Waals surface area (Å²) in [6, 6.07) is 11.9. The molecule has 0 radical (unpaired) electrons. The van der Waals surface area contributed by atoms with Gasteiger partial charge in [-0.2, -0.15) is 0 Å². The summed E-state index contributed by atoms with van der Waals surface area (Å²) in [6.07, 6.45) is 0.0684. The number of nitrogens with zero attached hydrogens (tertiary/aromatic N) is 1. The minimum atomic E-state index is -0.454. The number of hydrogen-bond donors (Lipinski definition) is 2. The molecule has 7 heteroatoms. The van der Waals surface area contributed by atoms with E-state index in [1.165, 1.54) is 13.0 Å². The van der Waals surface area contributed by atoms with Crippen molar-refractivity contribution in [3.8, 4) is 0 Å². The molecule has 0 aliphatic rings. The lowest BCUT2D eigenvalue weighted by Crippen LogP contribution is -2.25. The van der Waals surface area contributed by atoms with Gasteiger partial charge in [0.15, 0.2) is 0 Å². The molecule has 2 amide bonds. The maximum atomic E-state index is 12.1. The van der Waals surface area contributed by atoms with Gasteiger partial charge in [-0.05, 0) is 30.2 Å². The van der Waals surface area contributed by atoms with Gasteiger partial charge in [0.05, 0.1) is 11.3 Å². The molecular formula is C18H19N3O4. The Balaban J connectivity index is 1.99. The number of carbonyl (C=O) groups is 2. The number of amides is 2. The van der Waals surface area contributed by atoms with Crippen LogP contribution in [-0.2, 0) is 22.6 Å². The first kappa shape index (κ1) is 18.1. The molecule has 0 aromatic heterocycles. The molecule has 2 N–H and O–H groups in total. The van der Waals surface area contributed by atoms with E-state index in [2.05, 4.69) is 10.6 Å². The molecule has 0 fully saturated rings. The van der Waals surface area contributed by atoms with Crippen LogP contribution >= 0.6 is 0 Å². The van der Waals surface area contributed by atoms with Crippen molar-refractivity contribution in [3.63, 3.8) is 0 Å². The van der Waals surface area contributed by atoms with Gasteiger partial charge in [0.1, 0.15) is 0 Å². The third kappa shape index (κ3) is 5.13. The van der Waals surface area contributed by atoms with Crippen LogP contribution in [0.15, 0.2) is 42.5 Å². The predicted molar refractivity (Wildman–Crippen MR) is 94.1 cm³/mol. The quantitative estimate of drug-likeness (QED) is 0.623. The fraction of sp³-hybridized carbons (Fsp3) is 0.222. The lowest BCUT2D eigenvalue weighted by molar-refractivity contribution is -0.385. The number of benzene rings is 2. The third-order valence-corrected chi connectivity index (χ3v) is 3.70. The van der Waals surface area contributed by atoms with Gasteiger partial charge >= 0.3 is 0 Å². The van der Waals surface area contributed by atoms with Crippen LogP contribution in [-0.4, -0.2) is 16.7 Å². The molecule has 0 saturated heterocycles. The van der Waals surface area contributed by atoms with Crippen LogP contribution in [0.5, 0.6) is 0 Å². The number of anilines is 1. The predicted octanol–water partition coefficient (Wildman–Crippen LogP) is 2.72. The highest BCUT2D eigenvalue weighted by Gasteiger charge is 2.15. The van der Waals surface area contributed by atoms with Gasteiger partial charge in [-0.25, -0.2) is 0 Å². The van der Waals surface area contributed by atoms with Crippen LogP contribution in [0.1, 0.15) is 23.6 Å². The zero-order chi connectivity index (χ0) is 18.4. The zero-order valence-electron chi connectivity index (χ0n) is 14.0. The molecule has 0 atom stereocenters. The second-order valence-electron chi connectivity index (χ2n) is 5.65. The molecule has 7 nitrogen and oxygen atoms in total. The lowest BCUT2D eigenvalue weighted by atomic mass is 10.0. The molecule has 2 aromatic carbocycles. The van der Waals surface area contributed by atoms with Crippen molar-refractivity contribution in [2.45, 2.75) is 26.8 Å². The van der Waals surface area contributed by atoms with Gasteiger partial charge in [-0.1, -0.05) is 24.3 Å². The first-order chi connectivity index (χ1) is 11.9. The summed E-state index contributed by atoms with van der Waals surface area (Å²) >= 11 is 0. The summed E-state index contributed by atoms with van der Waals surface area (Å²) in [7, 11) is 0. The monoisotopic (exact) mass is 341 g/mol. The van der Waals surface area contributed by atoms with E-state index in [1.54, 1.807) is 37.3 Å². The second kappa shape index (κ2) is 8.05. The molecule has 0 spiro atoms. The van der Waals surface area contributed by atoms with Gasteiger partial charge in [0.2, 0.25) is 11.8 Å². The van der Waals surface area contributed by atoms with E-state index < -0.39 is 4.92 Å². The van der Waals surface area contributed by atoms with Crippen molar-refractivity contribution in [3.05, 3.63) is 69.3 Å². The summed E-state index contributed by atoms with van der Waals surface area (Å²) in [6.45, 7) is 3.37. The minimum Gasteiger partial charge on any atom is -0.352 e. The Morgan fingerprint density at radius 3 is 2.56 bits per heavy atom. The molecule has 0 aliphatic heterocycles. The topological polar surface area (TPSA) is 101 Å². The van der Waals surface area contributed by atoms with Crippen LogP contribution in [0.4, 0.5) is 11.4 Å². The highest BCUT2D eigenvalue weighted by atomic mass is 16.6. The summed E-state index contributed by atoms with van der Waals surface area (Å²) in [5.41, 5.74) is 2.63. The van der Waals surface area contributed by atoms with Gasteiger partial charge in [-0.15, -0.1) is 0 Å². The highest BCUT2D eigenvalue weighted by Crippen LogP contribution is 2.21. The Kier molecular flexibility index (Phi) is 5.84. The minimum absolute atomic E-state index is 0.00769. The Hall–Kier alpha value is -3.22. The largest absolute Gasteiger partial charge is 0.352 e. The number of rotatable bonds is 6. The van der Waals surface area contributed by atoms with Crippen molar-refractivity contribution in [1.82, 2.24) is 5.32 Å². The summed E-state index contributed by atoms with van der Waals surface area (Å²) in [5, 5.41) is 16.4. The second-order valence-corrected chi connectivity index (χ2v) is 5.65. The van der Waals surface area contributed by atoms with E-state index in [0.717, 1.165) is 5.56 Å². The SMILES string of the molecule is CC(=O)Nc1cccc(CNC(=O)Cc2cccc([N+](=O)[O-])c2C)c1. The number of nitro groups is 1. The van der Waals surface area contributed by atoms with Crippen LogP contribution < -0.4 is 10.6 Å². The molecule has 2 aromatic rings. The fourth-order valence-corrected chi connectivity index (χ4v) is 2.46. The number of carbonyl (C=O) groups excluding carboxylic acids is 2. The van der Waals surface area contributed by atoms with E-state index in [4.69, 9.17) is 0 Å². The highest BCUT2D eigenvalue weighted by molar-refractivity contribution is 5.88.